The van der Waals surface area contributed by atoms with Gasteiger partial charge in [-0.05, 0) is 49.9 Å². The van der Waals surface area contributed by atoms with Gasteiger partial charge in [-0.2, -0.15) is 0 Å². The number of carboxylic acids is 1. The summed E-state index contributed by atoms with van der Waals surface area (Å²) in [6, 6.07) is 14.3. The Morgan fingerprint density at radius 3 is 2.55 bits per heavy atom. The van der Waals surface area contributed by atoms with Gasteiger partial charge in [0.1, 0.15) is 12.1 Å². The zero-order valence-corrected chi connectivity index (χ0v) is 19.6. The van der Waals surface area contributed by atoms with Crippen LogP contribution in [0.3, 0.4) is 0 Å². The molecule has 3 rings (SSSR count). The van der Waals surface area contributed by atoms with Crippen molar-refractivity contribution < 1.29 is 24.2 Å². The van der Waals surface area contributed by atoms with Crippen LogP contribution in [0.5, 0.6) is 0 Å². The Morgan fingerprint density at radius 1 is 1.15 bits per heavy atom. The molecule has 1 aliphatic heterocycles. The lowest BCUT2D eigenvalue weighted by Crippen LogP contribution is -2.53. The van der Waals surface area contributed by atoms with Crippen molar-refractivity contribution in [1.29, 1.82) is 0 Å². The number of ether oxygens (including phenoxy) is 1. The third kappa shape index (κ3) is 6.66. The number of hydrogen-bond donors (Lipinski definition) is 3. The number of carbonyl (C=O) groups excluding carboxylic acids is 2. The van der Waals surface area contributed by atoms with Gasteiger partial charge in [0.2, 0.25) is 0 Å². The first-order chi connectivity index (χ1) is 15.9. The molecule has 0 saturated heterocycles. The van der Waals surface area contributed by atoms with Gasteiger partial charge in [-0.25, -0.2) is 0 Å². The van der Waals surface area contributed by atoms with Crippen LogP contribution in [0.15, 0.2) is 59.5 Å². The topological polar surface area (TPSA) is 105 Å². The average Bonchev–Trinajstić information content (AvgIpc) is 2.82. The molecule has 33 heavy (non-hydrogen) atoms. The predicted octanol–water partition coefficient (Wildman–Crippen LogP) is 2.99. The van der Waals surface area contributed by atoms with Crippen molar-refractivity contribution in [2.75, 3.05) is 12.4 Å². The summed E-state index contributed by atoms with van der Waals surface area (Å²) >= 11 is 1.63. The van der Waals surface area contributed by atoms with Crippen LogP contribution in [0.2, 0.25) is 0 Å². The number of rotatable bonds is 11. The molecule has 0 aliphatic carbocycles. The molecular formula is C25H30N2O5S. The smallest absolute Gasteiger partial charge is 0.323 e. The second kappa shape index (κ2) is 12.0. The lowest BCUT2D eigenvalue weighted by atomic mass is 9.86. The van der Waals surface area contributed by atoms with E-state index in [1.54, 1.807) is 25.6 Å². The molecule has 176 valence electrons. The SMILES string of the molecule is CCOC(=O)C(CCSc1ccccc1)N[C@@H](C)C(=O)C1NC(C(=O)O)Cc2ccccc21. The number of Topliss-reactive ketones (excluding diaryl/α,β-unsaturated/α-hetero) is 1. The Kier molecular flexibility index (Phi) is 9.05. The Balaban J connectivity index is 1.69. The van der Waals surface area contributed by atoms with Crippen LogP contribution in [0.25, 0.3) is 0 Å². The fraction of sp³-hybridized carbons (Fsp3) is 0.400. The Hall–Kier alpha value is -2.68. The summed E-state index contributed by atoms with van der Waals surface area (Å²) in [5.41, 5.74) is 1.62. The van der Waals surface area contributed by atoms with E-state index >= 15 is 0 Å². The van der Waals surface area contributed by atoms with E-state index in [2.05, 4.69) is 10.6 Å². The number of esters is 1. The number of nitrogens with one attached hydrogen (secondary N) is 2. The third-order valence-electron chi connectivity index (χ3n) is 5.61. The summed E-state index contributed by atoms with van der Waals surface area (Å²) in [6.45, 7) is 3.70. The van der Waals surface area contributed by atoms with Crippen LogP contribution >= 0.6 is 11.8 Å². The van der Waals surface area contributed by atoms with Gasteiger partial charge in [0.05, 0.1) is 18.7 Å². The Bertz CT molecular complexity index is 968. The molecule has 1 aliphatic rings. The van der Waals surface area contributed by atoms with Gasteiger partial charge in [0.15, 0.2) is 5.78 Å². The molecule has 3 N–H and O–H groups in total. The number of thioether (sulfide) groups is 1. The molecule has 0 spiro atoms. The summed E-state index contributed by atoms with van der Waals surface area (Å²) in [5, 5.41) is 15.6. The van der Waals surface area contributed by atoms with Crippen molar-refractivity contribution in [1.82, 2.24) is 10.6 Å². The van der Waals surface area contributed by atoms with Crippen molar-refractivity contribution in [3.05, 3.63) is 65.7 Å². The number of fused-ring (bicyclic) bond motifs is 1. The fourth-order valence-electron chi connectivity index (χ4n) is 3.92. The number of aliphatic carboxylic acids is 1. The van der Waals surface area contributed by atoms with Crippen molar-refractivity contribution in [2.24, 2.45) is 0 Å². The summed E-state index contributed by atoms with van der Waals surface area (Å²) in [4.78, 5) is 38.7. The molecule has 0 fully saturated rings. The maximum absolute atomic E-state index is 13.4. The van der Waals surface area contributed by atoms with Crippen molar-refractivity contribution in [2.45, 2.75) is 55.8 Å². The molecule has 2 aromatic rings. The predicted molar refractivity (Wildman–Crippen MR) is 127 cm³/mol. The highest BCUT2D eigenvalue weighted by molar-refractivity contribution is 7.99. The Morgan fingerprint density at radius 2 is 1.85 bits per heavy atom. The van der Waals surface area contributed by atoms with E-state index in [1.165, 1.54) is 0 Å². The Labute approximate surface area is 198 Å². The van der Waals surface area contributed by atoms with Gasteiger partial charge in [-0.1, -0.05) is 42.5 Å². The zero-order chi connectivity index (χ0) is 23.8. The quantitative estimate of drug-likeness (QED) is 0.340. The normalized spacial score (nSPS) is 19.2. The summed E-state index contributed by atoms with van der Waals surface area (Å²) in [5.74, 6) is -0.928. The van der Waals surface area contributed by atoms with Gasteiger partial charge in [0, 0.05) is 10.6 Å². The minimum absolute atomic E-state index is 0.210. The molecule has 3 unspecified atom stereocenters. The highest BCUT2D eigenvalue weighted by Gasteiger charge is 2.36. The molecule has 2 aromatic carbocycles. The van der Waals surface area contributed by atoms with Crippen molar-refractivity contribution in [3.8, 4) is 0 Å². The molecule has 8 heteroatoms. The molecule has 0 saturated carbocycles. The van der Waals surface area contributed by atoms with Crippen LogP contribution < -0.4 is 10.6 Å². The summed E-state index contributed by atoms with van der Waals surface area (Å²) < 4.78 is 5.22. The molecule has 0 amide bonds. The van der Waals surface area contributed by atoms with Gasteiger partial charge < -0.3 is 9.84 Å². The van der Waals surface area contributed by atoms with Gasteiger partial charge in [-0.3, -0.25) is 25.0 Å². The lowest BCUT2D eigenvalue weighted by molar-refractivity contribution is -0.146. The first-order valence-corrected chi connectivity index (χ1v) is 12.1. The zero-order valence-electron chi connectivity index (χ0n) is 18.8. The van der Waals surface area contributed by atoms with E-state index in [0.29, 0.717) is 18.6 Å². The first kappa shape index (κ1) is 25.0. The van der Waals surface area contributed by atoms with Crippen LogP contribution in [0.4, 0.5) is 0 Å². The molecule has 0 bridgehead atoms. The van der Waals surface area contributed by atoms with Crippen molar-refractivity contribution >= 4 is 29.5 Å². The number of carboxylic acid groups (broad SMARTS) is 1. The molecule has 4 atom stereocenters. The van der Waals surface area contributed by atoms with Crippen LogP contribution in [0, 0.1) is 0 Å². The molecule has 0 aromatic heterocycles. The van der Waals surface area contributed by atoms with Gasteiger partial charge in [0.25, 0.3) is 0 Å². The number of carbonyl (C=O) groups is 3. The van der Waals surface area contributed by atoms with E-state index in [9.17, 15) is 19.5 Å². The van der Waals surface area contributed by atoms with E-state index < -0.39 is 36.1 Å². The first-order valence-electron chi connectivity index (χ1n) is 11.1. The monoisotopic (exact) mass is 470 g/mol. The average molecular weight is 471 g/mol. The van der Waals surface area contributed by atoms with E-state index in [0.717, 1.165) is 16.0 Å². The van der Waals surface area contributed by atoms with Crippen LogP contribution in [-0.2, 0) is 25.5 Å². The van der Waals surface area contributed by atoms with E-state index in [1.807, 2.05) is 54.6 Å². The summed E-state index contributed by atoms with van der Waals surface area (Å²) in [6.07, 6.45) is 0.807. The number of hydrogen-bond acceptors (Lipinski definition) is 7. The van der Waals surface area contributed by atoms with Gasteiger partial charge >= 0.3 is 11.9 Å². The number of ketones is 1. The van der Waals surface area contributed by atoms with Crippen molar-refractivity contribution in [3.63, 3.8) is 0 Å². The van der Waals surface area contributed by atoms with E-state index in [-0.39, 0.29) is 12.4 Å². The maximum atomic E-state index is 13.4. The van der Waals surface area contributed by atoms with Crippen LogP contribution in [0.1, 0.15) is 37.4 Å². The highest BCUT2D eigenvalue weighted by Crippen LogP contribution is 2.27. The largest absolute Gasteiger partial charge is 0.480 e. The molecule has 0 radical (unpaired) electrons. The lowest BCUT2D eigenvalue weighted by Gasteiger charge is -2.32. The van der Waals surface area contributed by atoms with Crippen LogP contribution in [-0.4, -0.2) is 53.3 Å². The second-order valence-electron chi connectivity index (χ2n) is 7.94. The maximum Gasteiger partial charge on any atom is 0.323 e. The summed E-state index contributed by atoms with van der Waals surface area (Å²) in [7, 11) is 0. The third-order valence-corrected chi connectivity index (χ3v) is 6.65. The minimum atomic E-state index is -0.995. The number of benzene rings is 2. The molecule has 1 heterocycles. The highest BCUT2D eigenvalue weighted by atomic mass is 32.2. The molecule has 7 nitrogen and oxygen atoms in total. The van der Waals surface area contributed by atoms with Gasteiger partial charge in [-0.15, -0.1) is 11.8 Å². The fourth-order valence-corrected chi connectivity index (χ4v) is 4.86. The minimum Gasteiger partial charge on any atom is -0.480 e. The standard InChI is InChI=1S/C25H30N2O5S/c1-3-32-25(31)20(13-14-33-18-10-5-4-6-11-18)26-16(2)23(28)22-19-12-8-7-9-17(19)15-21(27-22)24(29)30/h4-12,16,20-22,26-27H,3,13-15H2,1-2H3,(H,29,30)/t16-,20?,21?,22?/m0/s1. The second-order valence-corrected chi connectivity index (χ2v) is 9.11. The van der Waals surface area contributed by atoms with E-state index in [4.69, 9.17) is 4.74 Å². The molecular weight excluding hydrogens is 440 g/mol.